The Balaban J connectivity index is 1.18. The Hall–Kier alpha value is -3.95. The van der Waals surface area contributed by atoms with Gasteiger partial charge in [0.15, 0.2) is 11.5 Å². The van der Waals surface area contributed by atoms with Gasteiger partial charge in [-0.3, -0.25) is 9.88 Å². The van der Waals surface area contributed by atoms with E-state index in [0.717, 1.165) is 36.6 Å². The topological polar surface area (TPSA) is 103 Å². The monoisotopic (exact) mass is 488 g/mol. The molecule has 9 heteroatoms. The van der Waals surface area contributed by atoms with E-state index in [0.29, 0.717) is 29.7 Å². The number of nitrogens with zero attached hydrogens (tertiary/aromatic N) is 4. The molecule has 0 amide bonds. The van der Waals surface area contributed by atoms with Crippen LogP contribution in [0.1, 0.15) is 11.1 Å². The molecule has 9 nitrogen and oxygen atoms in total. The molecule has 2 aromatic carbocycles. The molecule has 1 aliphatic heterocycles. The molecule has 0 aliphatic carbocycles. The van der Waals surface area contributed by atoms with Gasteiger partial charge in [0.05, 0.1) is 14.2 Å². The van der Waals surface area contributed by atoms with Crippen molar-refractivity contribution in [2.75, 3.05) is 33.9 Å². The first-order valence-corrected chi connectivity index (χ1v) is 11.8. The number of hydrogen-bond acceptors (Lipinski definition) is 9. The first-order chi connectivity index (χ1) is 17.6. The van der Waals surface area contributed by atoms with Crippen molar-refractivity contribution in [3.05, 3.63) is 71.9 Å². The molecule has 1 N–H and O–H groups in total. The minimum absolute atomic E-state index is 0.171. The van der Waals surface area contributed by atoms with E-state index in [4.69, 9.17) is 18.7 Å². The molecule has 1 atom stereocenters. The van der Waals surface area contributed by atoms with Crippen LogP contribution in [0.15, 0.2) is 65.3 Å². The fourth-order valence-electron chi connectivity index (χ4n) is 4.30. The summed E-state index contributed by atoms with van der Waals surface area (Å²) in [5.74, 6) is 2.88. The number of benzene rings is 2. The zero-order valence-electron chi connectivity index (χ0n) is 20.3. The summed E-state index contributed by atoms with van der Waals surface area (Å²) in [5, 5.41) is 14.7. The van der Waals surface area contributed by atoms with E-state index < -0.39 is 6.10 Å². The van der Waals surface area contributed by atoms with Crippen LogP contribution in [-0.4, -0.2) is 65.2 Å². The van der Waals surface area contributed by atoms with Gasteiger partial charge in [-0.15, -0.1) is 0 Å². The summed E-state index contributed by atoms with van der Waals surface area (Å²) < 4.78 is 22.1. The molecule has 186 valence electrons. The zero-order valence-corrected chi connectivity index (χ0v) is 20.3. The van der Waals surface area contributed by atoms with Crippen molar-refractivity contribution >= 4 is 0 Å². The van der Waals surface area contributed by atoms with Gasteiger partial charge in [0.1, 0.15) is 24.2 Å². The SMILES string of the molecule is COc1cc2c(cc1OC)CN(CC(O)COc1cccc(-c3noc(-c4ccccn4)n3)c1)CC2. The maximum Gasteiger partial charge on any atom is 0.276 e. The lowest BCUT2D eigenvalue weighted by molar-refractivity contribution is 0.0637. The fraction of sp³-hybridized carbons (Fsp3) is 0.296. The quantitative estimate of drug-likeness (QED) is 0.378. The first kappa shape index (κ1) is 23.8. The highest BCUT2D eigenvalue weighted by Crippen LogP contribution is 2.33. The van der Waals surface area contributed by atoms with Crippen LogP contribution >= 0.6 is 0 Å². The van der Waals surface area contributed by atoms with E-state index >= 15 is 0 Å². The van der Waals surface area contributed by atoms with Crippen molar-refractivity contribution in [2.24, 2.45) is 0 Å². The predicted molar refractivity (Wildman–Crippen MR) is 133 cm³/mol. The number of pyridine rings is 1. The lowest BCUT2D eigenvalue weighted by Gasteiger charge is -2.31. The maximum absolute atomic E-state index is 10.7. The first-order valence-electron chi connectivity index (χ1n) is 11.8. The third-order valence-electron chi connectivity index (χ3n) is 6.11. The molecule has 0 saturated heterocycles. The van der Waals surface area contributed by atoms with Crippen LogP contribution in [0.3, 0.4) is 0 Å². The van der Waals surface area contributed by atoms with Gasteiger partial charge in [0.25, 0.3) is 5.89 Å². The predicted octanol–water partition coefficient (Wildman–Crippen LogP) is 3.61. The highest BCUT2D eigenvalue weighted by molar-refractivity contribution is 5.59. The molecule has 36 heavy (non-hydrogen) atoms. The minimum atomic E-state index is -0.642. The normalized spacial score (nSPS) is 14.2. The summed E-state index contributed by atoms with van der Waals surface area (Å²) >= 11 is 0. The Morgan fingerprint density at radius 1 is 1.03 bits per heavy atom. The number of aromatic nitrogens is 3. The Morgan fingerprint density at radius 3 is 2.64 bits per heavy atom. The molecule has 1 aliphatic rings. The van der Waals surface area contributed by atoms with Crippen LogP contribution in [0, 0.1) is 0 Å². The van der Waals surface area contributed by atoms with E-state index in [1.807, 2.05) is 54.6 Å². The molecule has 0 radical (unpaired) electrons. The third kappa shape index (κ3) is 5.32. The van der Waals surface area contributed by atoms with Gasteiger partial charge in [0.2, 0.25) is 5.82 Å². The van der Waals surface area contributed by atoms with Crippen molar-refractivity contribution in [1.82, 2.24) is 20.0 Å². The highest BCUT2D eigenvalue weighted by atomic mass is 16.5. The van der Waals surface area contributed by atoms with Gasteiger partial charge in [0, 0.05) is 31.4 Å². The van der Waals surface area contributed by atoms with E-state index in [1.54, 1.807) is 20.4 Å². The van der Waals surface area contributed by atoms with E-state index in [9.17, 15) is 5.11 Å². The Morgan fingerprint density at radius 2 is 1.86 bits per heavy atom. The Kier molecular flexibility index (Phi) is 7.11. The molecule has 4 aromatic rings. The highest BCUT2D eigenvalue weighted by Gasteiger charge is 2.21. The van der Waals surface area contributed by atoms with Crippen molar-refractivity contribution < 1.29 is 23.8 Å². The second kappa shape index (κ2) is 10.8. The Labute approximate surface area is 209 Å². The zero-order chi connectivity index (χ0) is 24.9. The van der Waals surface area contributed by atoms with Crippen molar-refractivity contribution in [3.63, 3.8) is 0 Å². The van der Waals surface area contributed by atoms with Crippen LogP contribution in [-0.2, 0) is 13.0 Å². The standard InChI is InChI=1S/C27H28N4O5/c1-33-24-13-18-9-11-31(15-20(18)14-25(24)34-2)16-21(32)17-35-22-7-5-6-19(12-22)26-29-27(36-30-26)23-8-3-4-10-28-23/h3-8,10,12-14,21,32H,9,11,15-17H2,1-2H3. The van der Waals surface area contributed by atoms with E-state index in [2.05, 4.69) is 20.0 Å². The van der Waals surface area contributed by atoms with E-state index in [-0.39, 0.29) is 6.61 Å². The van der Waals surface area contributed by atoms with Crippen molar-refractivity contribution in [2.45, 2.75) is 19.1 Å². The number of ether oxygens (including phenoxy) is 3. The minimum Gasteiger partial charge on any atom is -0.493 e. The number of rotatable bonds is 9. The number of hydrogen-bond donors (Lipinski definition) is 1. The van der Waals surface area contributed by atoms with Crippen LogP contribution in [0.4, 0.5) is 0 Å². The number of aliphatic hydroxyl groups is 1. The second-order valence-corrected chi connectivity index (χ2v) is 8.59. The van der Waals surface area contributed by atoms with Gasteiger partial charge in [-0.1, -0.05) is 23.4 Å². The fourth-order valence-corrected chi connectivity index (χ4v) is 4.30. The van der Waals surface area contributed by atoms with Crippen molar-refractivity contribution in [3.8, 4) is 40.2 Å². The molecule has 3 heterocycles. The van der Waals surface area contributed by atoms with Crippen LogP contribution in [0.2, 0.25) is 0 Å². The number of fused-ring (bicyclic) bond motifs is 1. The lowest BCUT2D eigenvalue weighted by atomic mass is 9.98. The average Bonchev–Trinajstić information content (AvgIpc) is 3.42. The van der Waals surface area contributed by atoms with Gasteiger partial charge >= 0.3 is 0 Å². The van der Waals surface area contributed by atoms with Crippen LogP contribution in [0.25, 0.3) is 23.0 Å². The number of aliphatic hydroxyl groups excluding tert-OH is 1. The van der Waals surface area contributed by atoms with Crippen LogP contribution in [0.5, 0.6) is 17.2 Å². The summed E-state index contributed by atoms with van der Waals surface area (Å²) in [7, 11) is 3.28. The summed E-state index contributed by atoms with van der Waals surface area (Å²) in [6.45, 7) is 2.26. The smallest absolute Gasteiger partial charge is 0.276 e. The number of methoxy groups -OCH3 is 2. The van der Waals surface area contributed by atoms with Gasteiger partial charge < -0.3 is 23.8 Å². The van der Waals surface area contributed by atoms with Crippen LogP contribution < -0.4 is 14.2 Å². The molecule has 0 fully saturated rings. The maximum atomic E-state index is 10.7. The molecular weight excluding hydrogens is 460 g/mol. The molecule has 0 spiro atoms. The molecule has 0 bridgehead atoms. The average molecular weight is 489 g/mol. The van der Waals surface area contributed by atoms with Gasteiger partial charge in [-0.05, 0) is 53.9 Å². The molecule has 1 unspecified atom stereocenters. The summed E-state index contributed by atoms with van der Waals surface area (Å²) in [6, 6.07) is 17.0. The largest absolute Gasteiger partial charge is 0.493 e. The molecule has 5 rings (SSSR count). The second-order valence-electron chi connectivity index (χ2n) is 8.59. The molecule has 2 aromatic heterocycles. The third-order valence-corrected chi connectivity index (χ3v) is 6.11. The summed E-state index contributed by atoms with van der Waals surface area (Å²) in [4.78, 5) is 10.9. The van der Waals surface area contributed by atoms with Gasteiger partial charge in [-0.2, -0.15) is 4.98 Å². The summed E-state index contributed by atoms with van der Waals surface area (Å²) in [6.07, 6.45) is 1.92. The molecule has 0 saturated carbocycles. The van der Waals surface area contributed by atoms with Gasteiger partial charge in [-0.25, -0.2) is 0 Å². The number of β-amino-alcohol motifs (C(OH)–C–C–N with tert-alkyl or cyclic N) is 1. The summed E-state index contributed by atoms with van der Waals surface area (Å²) in [5.41, 5.74) is 3.80. The Bertz CT molecular complexity index is 1310. The van der Waals surface area contributed by atoms with Crippen molar-refractivity contribution in [1.29, 1.82) is 0 Å². The van der Waals surface area contributed by atoms with E-state index in [1.165, 1.54) is 11.1 Å². The lowest BCUT2D eigenvalue weighted by Crippen LogP contribution is -2.38. The molecular formula is C27H28N4O5.